The first-order chi connectivity index (χ1) is 13.3. The van der Waals surface area contributed by atoms with E-state index in [9.17, 15) is 5.11 Å². The summed E-state index contributed by atoms with van der Waals surface area (Å²) in [4.78, 5) is 10.5. The Morgan fingerprint density at radius 1 is 1.04 bits per heavy atom. The number of aromatic amines is 1. The zero-order chi connectivity index (χ0) is 18.5. The maximum absolute atomic E-state index is 9.60. The van der Waals surface area contributed by atoms with Gasteiger partial charge in [-0.15, -0.1) is 0 Å². The Kier molecular flexibility index (Phi) is 5.82. The number of pyridine rings is 1. The summed E-state index contributed by atoms with van der Waals surface area (Å²) in [5, 5.41) is 14.3. The van der Waals surface area contributed by atoms with E-state index in [1.165, 1.54) is 22.2 Å². The van der Waals surface area contributed by atoms with Crippen molar-refractivity contribution in [1.29, 1.82) is 0 Å². The van der Waals surface area contributed by atoms with Gasteiger partial charge in [-0.3, -0.25) is 4.90 Å². The van der Waals surface area contributed by atoms with E-state index >= 15 is 0 Å². The Hall–Kier alpha value is -2.21. The van der Waals surface area contributed by atoms with Crippen molar-refractivity contribution in [2.45, 2.75) is 31.8 Å². The van der Waals surface area contributed by atoms with Crippen LogP contribution in [0.25, 0.3) is 11.0 Å². The van der Waals surface area contributed by atoms with Crippen molar-refractivity contribution in [1.82, 2.24) is 20.2 Å². The van der Waals surface area contributed by atoms with E-state index in [0.29, 0.717) is 12.5 Å². The Balaban J connectivity index is 1.65. The number of aliphatic hydroxyl groups is 1. The lowest BCUT2D eigenvalue weighted by molar-refractivity contribution is 0.184. The van der Waals surface area contributed by atoms with Crippen molar-refractivity contribution in [2.24, 2.45) is 0 Å². The van der Waals surface area contributed by atoms with Gasteiger partial charge in [-0.2, -0.15) is 0 Å². The molecule has 5 heteroatoms. The number of hydrogen-bond acceptors (Lipinski definition) is 4. The fourth-order valence-corrected chi connectivity index (χ4v) is 4.15. The largest absolute Gasteiger partial charge is 0.395 e. The monoisotopic (exact) mass is 364 g/mol. The number of aliphatic hydroxyl groups excluding tert-OH is 1. The first-order valence-electron chi connectivity index (χ1n) is 9.88. The predicted octanol–water partition coefficient (Wildman–Crippen LogP) is 3.02. The van der Waals surface area contributed by atoms with Crippen LogP contribution in [0.2, 0.25) is 0 Å². The van der Waals surface area contributed by atoms with Gasteiger partial charge in [0.15, 0.2) is 0 Å². The summed E-state index contributed by atoms with van der Waals surface area (Å²) >= 11 is 0. The molecule has 0 atom stereocenters. The van der Waals surface area contributed by atoms with Gasteiger partial charge in [0.05, 0.1) is 6.61 Å². The molecule has 0 aliphatic carbocycles. The van der Waals surface area contributed by atoms with Crippen LogP contribution in [0.3, 0.4) is 0 Å². The van der Waals surface area contributed by atoms with Gasteiger partial charge >= 0.3 is 0 Å². The number of nitrogens with one attached hydrogen (secondary N) is 2. The van der Waals surface area contributed by atoms with Gasteiger partial charge in [0.1, 0.15) is 5.65 Å². The van der Waals surface area contributed by atoms with Crippen LogP contribution in [-0.2, 0) is 13.1 Å². The van der Waals surface area contributed by atoms with E-state index in [4.69, 9.17) is 0 Å². The maximum Gasteiger partial charge on any atom is 0.137 e. The Labute approximate surface area is 160 Å². The third-order valence-corrected chi connectivity index (χ3v) is 5.51. The normalized spacial score (nSPS) is 15.6. The van der Waals surface area contributed by atoms with Crippen LogP contribution in [0.4, 0.5) is 0 Å². The highest BCUT2D eigenvalue weighted by Crippen LogP contribution is 2.33. The molecule has 0 unspecified atom stereocenters. The van der Waals surface area contributed by atoms with Gasteiger partial charge in [-0.05, 0) is 49.2 Å². The third-order valence-electron chi connectivity index (χ3n) is 5.51. The molecule has 142 valence electrons. The van der Waals surface area contributed by atoms with E-state index in [2.05, 4.69) is 50.5 Å². The molecule has 27 heavy (non-hydrogen) atoms. The average molecular weight is 364 g/mol. The molecule has 1 aliphatic heterocycles. The molecule has 2 aromatic heterocycles. The zero-order valence-corrected chi connectivity index (χ0v) is 15.7. The van der Waals surface area contributed by atoms with E-state index in [1.54, 1.807) is 0 Å². The van der Waals surface area contributed by atoms with Crippen LogP contribution in [0.5, 0.6) is 0 Å². The molecule has 3 heterocycles. The molecule has 5 nitrogen and oxygen atoms in total. The van der Waals surface area contributed by atoms with Crippen molar-refractivity contribution in [3.8, 4) is 0 Å². The van der Waals surface area contributed by atoms with Crippen LogP contribution in [-0.4, -0.2) is 46.2 Å². The van der Waals surface area contributed by atoms with Crippen LogP contribution in [0.1, 0.15) is 35.6 Å². The topological polar surface area (TPSA) is 64.2 Å². The van der Waals surface area contributed by atoms with Gasteiger partial charge in [0.2, 0.25) is 0 Å². The molecule has 3 N–H and O–H groups in total. The summed E-state index contributed by atoms with van der Waals surface area (Å²) < 4.78 is 0. The zero-order valence-electron chi connectivity index (χ0n) is 15.7. The lowest BCUT2D eigenvalue weighted by atomic mass is 9.91. The molecule has 1 aliphatic rings. The quantitative estimate of drug-likeness (QED) is 0.603. The Bertz CT molecular complexity index is 855. The lowest BCUT2D eigenvalue weighted by Gasteiger charge is -2.26. The molecule has 0 saturated carbocycles. The fraction of sp³-hybridized carbons (Fsp3) is 0.409. The summed E-state index contributed by atoms with van der Waals surface area (Å²) in [6.45, 7) is 4.61. The first-order valence-corrected chi connectivity index (χ1v) is 9.88. The predicted molar refractivity (Wildman–Crippen MR) is 109 cm³/mol. The fourth-order valence-electron chi connectivity index (χ4n) is 4.15. The van der Waals surface area contributed by atoms with E-state index in [0.717, 1.165) is 44.7 Å². The van der Waals surface area contributed by atoms with Crippen molar-refractivity contribution in [3.05, 3.63) is 65.5 Å². The second-order valence-electron chi connectivity index (χ2n) is 7.36. The summed E-state index contributed by atoms with van der Waals surface area (Å²) in [5.41, 5.74) is 4.92. The molecule has 1 fully saturated rings. The molecule has 0 amide bonds. The Morgan fingerprint density at radius 3 is 2.63 bits per heavy atom. The molecular formula is C22H28N4O. The standard InChI is InChI=1S/C22H28N4O/c27-14-13-26(15-17-5-2-1-3-6-17)16-20-19-7-4-10-24-22(19)25-21(20)18-8-11-23-12-9-18/h1-7,10,18,23,27H,8-9,11-16H2,(H,24,25). The van der Waals surface area contributed by atoms with Gasteiger partial charge in [-0.25, -0.2) is 4.98 Å². The number of nitrogens with zero attached hydrogens (tertiary/aromatic N) is 2. The van der Waals surface area contributed by atoms with Crippen LogP contribution in [0, 0.1) is 0 Å². The number of aromatic nitrogens is 2. The number of hydrogen-bond donors (Lipinski definition) is 3. The summed E-state index contributed by atoms with van der Waals surface area (Å²) in [6.07, 6.45) is 4.15. The minimum atomic E-state index is 0.163. The smallest absolute Gasteiger partial charge is 0.137 e. The third kappa shape index (κ3) is 4.21. The van der Waals surface area contributed by atoms with Crippen molar-refractivity contribution in [2.75, 3.05) is 26.2 Å². The average Bonchev–Trinajstić information content (AvgIpc) is 3.08. The molecular weight excluding hydrogens is 336 g/mol. The van der Waals surface area contributed by atoms with Crippen LogP contribution < -0.4 is 5.32 Å². The van der Waals surface area contributed by atoms with E-state index in [1.807, 2.05) is 18.3 Å². The first kappa shape index (κ1) is 18.2. The second kappa shape index (κ2) is 8.65. The molecule has 1 saturated heterocycles. The van der Waals surface area contributed by atoms with Crippen LogP contribution >= 0.6 is 0 Å². The maximum atomic E-state index is 9.60. The number of piperidine rings is 1. The molecule has 0 spiro atoms. The summed E-state index contributed by atoms with van der Waals surface area (Å²) in [6, 6.07) is 14.7. The number of fused-ring (bicyclic) bond motifs is 1. The van der Waals surface area contributed by atoms with Gasteiger partial charge in [-0.1, -0.05) is 30.3 Å². The lowest BCUT2D eigenvalue weighted by Crippen LogP contribution is -2.29. The van der Waals surface area contributed by atoms with E-state index in [-0.39, 0.29) is 6.61 Å². The SMILES string of the molecule is OCCN(Cc1ccccc1)Cc1c(C2CCNCC2)[nH]c2ncccc12. The highest BCUT2D eigenvalue weighted by molar-refractivity contribution is 5.81. The van der Waals surface area contributed by atoms with Gasteiger partial charge in [0.25, 0.3) is 0 Å². The highest BCUT2D eigenvalue weighted by atomic mass is 16.3. The van der Waals surface area contributed by atoms with Crippen LogP contribution in [0.15, 0.2) is 48.7 Å². The number of H-pyrrole nitrogens is 1. The van der Waals surface area contributed by atoms with Crippen molar-refractivity contribution in [3.63, 3.8) is 0 Å². The highest BCUT2D eigenvalue weighted by Gasteiger charge is 2.23. The molecule has 0 radical (unpaired) electrons. The van der Waals surface area contributed by atoms with E-state index < -0.39 is 0 Å². The van der Waals surface area contributed by atoms with Gasteiger partial charge in [0, 0.05) is 42.8 Å². The second-order valence-corrected chi connectivity index (χ2v) is 7.36. The minimum Gasteiger partial charge on any atom is -0.395 e. The molecule has 3 aromatic rings. The molecule has 0 bridgehead atoms. The van der Waals surface area contributed by atoms with Crippen molar-refractivity contribution >= 4 is 11.0 Å². The molecule has 1 aromatic carbocycles. The van der Waals surface area contributed by atoms with Crippen molar-refractivity contribution < 1.29 is 5.11 Å². The number of benzene rings is 1. The minimum absolute atomic E-state index is 0.163. The molecule has 4 rings (SSSR count). The number of rotatable bonds is 7. The Morgan fingerprint density at radius 2 is 1.85 bits per heavy atom. The summed E-state index contributed by atoms with van der Waals surface area (Å²) in [7, 11) is 0. The van der Waals surface area contributed by atoms with Gasteiger partial charge < -0.3 is 15.4 Å². The summed E-state index contributed by atoms with van der Waals surface area (Å²) in [5.74, 6) is 0.545.